The molecular weight excluding hydrogens is 304 g/mol. The molecule has 5 nitrogen and oxygen atoms in total. The first-order valence-corrected chi connectivity index (χ1v) is 8.91. The molecule has 2 aliphatic rings. The minimum atomic E-state index is -0.702. The van der Waals surface area contributed by atoms with E-state index in [4.69, 9.17) is 4.74 Å². The monoisotopic (exact) mass is 332 g/mol. The molecule has 0 aromatic heterocycles. The van der Waals surface area contributed by atoms with Crippen molar-refractivity contribution < 1.29 is 14.6 Å². The molecule has 1 aromatic rings. The van der Waals surface area contributed by atoms with Crippen molar-refractivity contribution in [2.24, 2.45) is 5.92 Å². The Kier molecular flexibility index (Phi) is 5.54. The van der Waals surface area contributed by atoms with Gasteiger partial charge >= 0.3 is 0 Å². The number of rotatable bonds is 5. The zero-order valence-corrected chi connectivity index (χ0v) is 14.4. The van der Waals surface area contributed by atoms with Crippen LogP contribution in [0.1, 0.15) is 31.7 Å². The normalized spacial score (nSPS) is 31.1. The number of hydrogen-bond acceptors (Lipinski definition) is 4. The number of nitrogens with zero attached hydrogens (tertiary/aromatic N) is 1. The predicted octanol–water partition coefficient (Wildman–Crippen LogP) is 1.55. The summed E-state index contributed by atoms with van der Waals surface area (Å²) in [5, 5.41) is 13.7. The van der Waals surface area contributed by atoms with Crippen molar-refractivity contribution in [2.45, 2.75) is 44.4 Å². The van der Waals surface area contributed by atoms with Gasteiger partial charge in [-0.25, -0.2) is 0 Å². The fraction of sp³-hybridized carbons (Fsp3) is 0.632. The van der Waals surface area contributed by atoms with Gasteiger partial charge in [0.15, 0.2) is 0 Å². The first-order valence-electron chi connectivity index (χ1n) is 8.91. The number of nitrogens with one attached hydrogen (secondary N) is 1. The Morgan fingerprint density at radius 1 is 1.42 bits per heavy atom. The van der Waals surface area contributed by atoms with E-state index in [0.717, 1.165) is 24.9 Å². The molecule has 1 amide bonds. The lowest BCUT2D eigenvalue weighted by Crippen LogP contribution is -2.53. The summed E-state index contributed by atoms with van der Waals surface area (Å²) < 4.78 is 5.60. The van der Waals surface area contributed by atoms with Crippen molar-refractivity contribution in [3.8, 4) is 0 Å². The maximum atomic E-state index is 12.3. The summed E-state index contributed by atoms with van der Waals surface area (Å²) in [6, 6.07) is 10.2. The lowest BCUT2D eigenvalue weighted by Gasteiger charge is -2.43. The lowest BCUT2D eigenvalue weighted by molar-refractivity contribution is -0.132. The second kappa shape index (κ2) is 7.64. The van der Waals surface area contributed by atoms with Gasteiger partial charge in [-0.05, 0) is 38.3 Å². The van der Waals surface area contributed by atoms with Gasteiger partial charge in [0.25, 0.3) is 0 Å². The number of hydrogen-bond donors (Lipinski definition) is 2. The largest absolute Gasteiger partial charge is 0.390 e. The Bertz CT molecular complexity index is 547. The van der Waals surface area contributed by atoms with E-state index in [1.54, 1.807) is 0 Å². The van der Waals surface area contributed by atoms with Crippen LogP contribution in [0, 0.1) is 5.92 Å². The molecule has 0 spiro atoms. The summed E-state index contributed by atoms with van der Waals surface area (Å²) >= 11 is 0. The summed E-state index contributed by atoms with van der Waals surface area (Å²) in [6.07, 6.45) is 2.77. The SMILES string of the molecule is C[C@]1(O)CCOC[C@H]1[C@H]1CCCN1CC(=O)NCc1ccccc1. The number of likely N-dealkylation sites (tertiary alicyclic amines) is 1. The van der Waals surface area contributed by atoms with Gasteiger partial charge in [0.05, 0.1) is 18.8 Å². The third kappa shape index (κ3) is 4.15. The molecule has 0 radical (unpaired) electrons. The number of carbonyl (C=O) groups excluding carboxylic acids is 1. The van der Waals surface area contributed by atoms with Gasteiger partial charge in [-0.15, -0.1) is 0 Å². The zero-order valence-electron chi connectivity index (χ0n) is 14.4. The average Bonchev–Trinajstić information content (AvgIpc) is 3.01. The van der Waals surface area contributed by atoms with Crippen molar-refractivity contribution in [3.63, 3.8) is 0 Å². The van der Waals surface area contributed by atoms with E-state index in [1.165, 1.54) is 0 Å². The van der Waals surface area contributed by atoms with Crippen molar-refractivity contribution in [1.29, 1.82) is 0 Å². The molecule has 2 saturated heterocycles. The number of carbonyl (C=O) groups is 1. The molecule has 0 bridgehead atoms. The molecule has 3 rings (SSSR count). The van der Waals surface area contributed by atoms with Gasteiger partial charge in [0.2, 0.25) is 5.91 Å². The average molecular weight is 332 g/mol. The van der Waals surface area contributed by atoms with E-state index in [1.807, 2.05) is 37.3 Å². The summed E-state index contributed by atoms with van der Waals surface area (Å²) in [4.78, 5) is 14.5. The summed E-state index contributed by atoms with van der Waals surface area (Å²) in [7, 11) is 0. The zero-order chi connectivity index (χ0) is 17.0. The molecule has 0 aliphatic carbocycles. The minimum absolute atomic E-state index is 0.0436. The van der Waals surface area contributed by atoms with Crippen LogP contribution in [0.25, 0.3) is 0 Å². The first kappa shape index (κ1) is 17.4. The smallest absolute Gasteiger partial charge is 0.234 e. The molecule has 0 unspecified atom stereocenters. The van der Waals surface area contributed by atoms with Crippen LogP contribution in [0.3, 0.4) is 0 Å². The fourth-order valence-corrected chi connectivity index (χ4v) is 3.92. The third-order valence-corrected chi connectivity index (χ3v) is 5.41. The highest BCUT2D eigenvalue weighted by molar-refractivity contribution is 5.78. The summed E-state index contributed by atoms with van der Waals surface area (Å²) in [5.41, 5.74) is 0.402. The Hall–Kier alpha value is -1.43. The molecule has 24 heavy (non-hydrogen) atoms. The Morgan fingerprint density at radius 3 is 2.96 bits per heavy atom. The second-order valence-electron chi connectivity index (χ2n) is 7.23. The first-order chi connectivity index (χ1) is 11.6. The van der Waals surface area contributed by atoms with E-state index >= 15 is 0 Å². The highest BCUT2D eigenvalue weighted by Crippen LogP contribution is 2.35. The molecule has 2 N–H and O–H groups in total. The van der Waals surface area contributed by atoms with Crippen molar-refractivity contribution >= 4 is 5.91 Å². The van der Waals surface area contributed by atoms with Crippen molar-refractivity contribution in [1.82, 2.24) is 10.2 Å². The molecule has 132 valence electrons. The van der Waals surface area contributed by atoms with Crippen LogP contribution < -0.4 is 5.32 Å². The Morgan fingerprint density at radius 2 is 2.21 bits per heavy atom. The molecule has 5 heteroatoms. The number of amides is 1. The molecule has 3 atom stereocenters. The number of aliphatic hydroxyl groups is 1. The van der Waals surface area contributed by atoms with E-state index in [9.17, 15) is 9.90 Å². The molecular formula is C19H28N2O3. The van der Waals surface area contributed by atoms with Crippen LogP contribution in [0.5, 0.6) is 0 Å². The topological polar surface area (TPSA) is 61.8 Å². The van der Waals surface area contributed by atoms with Crippen LogP contribution in [-0.4, -0.2) is 53.9 Å². The maximum Gasteiger partial charge on any atom is 0.234 e. The number of benzene rings is 1. The molecule has 0 saturated carbocycles. The molecule has 1 aromatic carbocycles. The molecule has 2 heterocycles. The lowest BCUT2D eigenvalue weighted by atomic mass is 9.79. The standard InChI is InChI=1S/C19H28N2O3/c1-19(23)9-11-24-14-16(19)17-8-5-10-21(17)13-18(22)20-12-15-6-3-2-4-7-15/h2-4,6-7,16-17,23H,5,8-14H2,1H3,(H,20,22)/t16-,17+,19-/m0/s1. The quantitative estimate of drug-likeness (QED) is 0.859. The van der Waals surface area contributed by atoms with Gasteiger partial charge in [-0.3, -0.25) is 9.69 Å². The van der Waals surface area contributed by atoms with Crippen LogP contribution in [0.15, 0.2) is 30.3 Å². The van der Waals surface area contributed by atoms with Crippen molar-refractivity contribution in [2.75, 3.05) is 26.3 Å². The fourth-order valence-electron chi connectivity index (χ4n) is 3.92. The van der Waals surface area contributed by atoms with Crippen LogP contribution >= 0.6 is 0 Å². The molecule has 2 fully saturated rings. The summed E-state index contributed by atoms with van der Waals surface area (Å²) in [5.74, 6) is 0.123. The van der Waals surface area contributed by atoms with E-state index in [0.29, 0.717) is 32.7 Å². The molecule has 2 aliphatic heterocycles. The Labute approximate surface area is 144 Å². The van der Waals surface area contributed by atoms with Crippen LogP contribution in [0.4, 0.5) is 0 Å². The van der Waals surface area contributed by atoms with E-state index in [2.05, 4.69) is 10.2 Å². The highest BCUT2D eigenvalue weighted by atomic mass is 16.5. The summed E-state index contributed by atoms with van der Waals surface area (Å²) in [6.45, 7) is 4.97. The van der Waals surface area contributed by atoms with Crippen LogP contribution in [-0.2, 0) is 16.1 Å². The van der Waals surface area contributed by atoms with Gasteiger partial charge in [0, 0.05) is 25.1 Å². The highest BCUT2D eigenvalue weighted by Gasteiger charge is 2.44. The van der Waals surface area contributed by atoms with Crippen molar-refractivity contribution in [3.05, 3.63) is 35.9 Å². The van der Waals surface area contributed by atoms with Gasteiger partial charge in [-0.2, -0.15) is 0 Å². The van der Waals surface area contributed by atoms with Gasteiger partial charge < -0.3 is 15.2 Å². The van der Waals surface area contributed by atoms with E-state index in [-0.39, 0.29) is 17.9 Å². The van der Waals surface area contributed by atoms with Gasteiger partial charge in [-0.1, -0.05) is 30.3 Å². The van der Waals surface area contributed by atoms with Gasteiger partial charge in [0.1, 0.15) is 0 Å². The number of ether oxygens (including phenoxy) is 1. The minimum Gasteiger partial charge on any atom is -0.390 e. The third-order valence-electron chi connectivity index (χ3n) is 5.41. The van der Waals surface area contributed by atoms with Crippen LogP contribution in [0.2, 0.25) is 0 Å². The Balaban J connectivity index is 1.54. The predicted molar refractivity (Wildman–Crippen MR) is 92.4 cm³/mol. The van der Waals surface area contributed by atoms with E-state index < -0.39 is 5.60 Å². The maximum absolute atomic E-state index is 12.3. The second-order valence-corrected chi connectivity index (χ2v) is 7.23.